The van der Waals surface area contributed by atoms with Gasteiger partial charge in [-0.05, 0) is 36.0 Å². The van der Waals surface area contributed by atoms with Gasteiger partial charge in [-0.3, -0.25) is 14.4 Å². The summed E-state index contributed by atoms with van der Waals surface area (Å²) >= 11 is 0. The highest BCUT2D eigenvalue weighted by Crippen LogP contribution is 2.24. The Labute approximate surface area is 161 Å². The largest absolute Gasteiger partial charge is 0.354 e. The predicted octanol–water partition coefficient (Wildman–Crippen LogP) is 2.14. The predicted molar refractivity (Wildman–Crippen MR) is 105 cm³/mol. The Morgan fingerprint density at radius 3 is 2.11 bits per heavy atom. The van der Waals surface area contributed by atoms with E-state index in [2.05, 4.69) is 36.7 Å². The van der Waals surface area contributed by atoms with E-state index in [1.54, 1.807) is 12.1 Å². The van der Waals surface area contributed by atoms with Gasteiger partial charge >= 0.3 is 0 Å². The van der Waals surface area contributed by atoms with E-state index in [-0.39, 0.29) is 35.6 Å². The van der Waals surface area contributed by atoms with Crippen LogP contribution < -0.4 is 16.0 Å². The number of carbonyl (C=O) groups excluding carboxylic acids is 3. The van der Waals surface area contributed by atoms with E-state index in [1.807, 2.05) is 12.1 Å². The molecule has 1 fully saturated rings. The van der Waals surface area contributed by atoms with E-state index < -0.39 is 0 Å². The summed E-state index contributed by atoms with van der Waals surface area (Å²) in [5.41, 5.74) is 1.71. The summed E-state index contributed by atoms with van der Waals surface area (Å²) in [5, 5.41) is 8.16. The second-order valence-electron chi connectivity index (χ2n) is 8.13. The molecule has 0 unspecified atom stereocenters. The van der Waals surface area contributed by atoms with E-state index in [9.17, 15) is 14.4 Å². The zero-order chi connectivity index (χ0) is 19.9. The van der Waals surface area contributed by atoms with E-state index in [0.29, 0.717) is 18.7 Å². The van der Waals surface area contributed by atoms with E-state index >= 15 is 0 Å². The van der Waals surface area contributed by atoms with E-state index in [4.69, 9.17) is 0 Å². The first-order chi connectivity index (χ1) is 12.8. The van der Waals surface area contributed by atoms with Crippen molar-refractivity contribution in [3.63, 3.8) is 0 Å². The number of hydrogen-bond acceptors (Lipinski definition) is 3. The highest BCUT2D eigenvalue weighted by atomic mass is 16.2. The number of nitrogens with one attached hydrogen (secondary N) is 3. The minimum atomic E-state index is -0.278. The smallest absolute Gasteiger partial charge is 0.251 e. The Morgan fingerprint density at radius 2 is 1.52 bits per heavy atom. The van der Waals surface area contributed by atoms with Crippen LogP contribution in [0.2, 0.25) is 0 Å². The Balaban J connectivity index is 1.64. The molecule has 1 aromatic rings. The van der Waals surface area contributed by atoms with Crippen LogP contribution in [0.15, 0.2) is 24.3 Å². The molecule has 148 valence electrons. The molecule has 0 atom stereocenters. The standard InChI is InChI=1S/C21H31N3O3/c1-21(2,3)17-10-8-16(9-11-17)20(27)24-14-18(25)22-12-13-23-19(26)15-6-4-5-7-15/h8-11,15H,4-7,12-14H2,1-3H3,(H,22,25)(H,23,26)(H,24,27). The maximum absolute atomic E-state index is 12.1. The van der Waals surface area contributed by atoms with Crippen LogP contribution >= 0.6 is 0 Å². The molecule has 0 spiro atoms. The highest BCUT2D eigenvalue weighted by Gasteiger charge is 2.22. The SMILES string of the molecule is CC(C)(C)c1ccc(C(=O)NCC(=O)NCCNC(=O)C2CCCC2)cc1. The second kappa shape index (κ2) is 9.53. The molecule has 0 aliphatic heterocycles. The van der Waals surface area contributed by atoms with Crippen LogP contribution in [-0.4, -0.2) is 37.4 Å². The van der Waals surface area contributed by atoms with Crippen LogP contribution in [0.25, 0.3) is 0 Å². The first-order valence-electron chi connectivity index (χ1n) is 9.70. The van der Waals surface area contributed by atoms with Crippen molar-refractivity contribution in [2.75, 3.05) is 19.6 Å². The fourth-order valence-electron chi connectivity index (χ4n) is 3.17. The van der Waals surface area contributed by atoms with Gasteiger partial charge in [0.25, 0.3) is 5.91 Å². The van der Waals surface area contributed by atoms with Crippen LogP contribution in [0.1, 0.15) is 62.4 Å². The van der Waals surface area contributed by atoms with Gasteiger partial charge in [0.05, 0.1) is 6.54 Å². The lowest BCUT2D eigenvalue weighted by Crippen LogP contribution is -2.41. The van der Waals surface area contributed by atoms with Crippen LogP contribution in [-0.2, 0) is 15.0 Å². The molecular weight excluding hydrogens is 342 g/mol. The summed E-state index contributed by atoms with van der Waals surface area (Å²) in [5.74, 6) is -0.344. The molecule has 3 amide bonds. The summed E-state index contributed by atoms with van der Waals surface area (Å²) in [4.78, 5) is 35.8. The van der Waals surface area contributed by atoms with Gasteiger partial charge in [-0.2, -0.15) is 0 Å². The maximum Gasteiger partial charge on any atom is 0.251 e. The molecule has 0 heterocycles. The molecule has 0 radical (unpaired) electrons. The van der Waals surface area contributed by atoms with E-state index in [0.717, 1.165) is 31.2 Å². The molecule has 27 heavy (non-hydrogen) atoms. The summed E-state index contributed by atoms with van der Waals surface area (Å²) in [6, 6.07) is 7.41. The minimum absolute atomic E-state index is 0.0298. The lowest BCUT2D eigenvalue weighted by molar-refractivity contribution is -0.125. The topological polar surface area (TPSA) is 87.3 Å². The molecule has 1 aromatic carbocycles. The van der Waals surface area contributed by atoms with Crippen molar-refractivity contribution in [2.24, 2.45) is 5.92 Å². The number of amides is 3. The molecular formula is C21H31N3O3. The summed E-state index contributed by atoms with van der Waals surface area (Å²) in [7, 11) is 0. The number of rotatable bonds is 7. The van der Waals surface area contributed by atoms with Crippen LogP contribution in [0.3, 0.4) is 0 Å². The highest BCUT2D eigenvalue weighted by molar-refractivity contribution is 5.96. The molecule has 0 saturated heterocycles. The molecule has 6 nitrogen and oxygen atoms in total. The van der Waals surface area contributed by atoms with Gasteiger partial charge < -0.3 is 16.0 Å². The molecule has 3 N–H and O–H groups in total. The van der Waals surface area contributed by atoms with Crippen LogP contribution in [0.4, 0.5) is 0 Å². The van der Waals surface area contributed by atoms with Gasteiger partial charge in [0.1, 0.15) is 0 Å². The zero-order valence-electron chi connectivity index (χ0n) is 16.6. The molecule has 1 aliphatic carbocycles. The molecule has 6 heteroatoms. The third-order valence-corrected chi connectivity index (χ3v) is 4.89. The number of carbonyl (C=O) groups is 3. The zero-order valence-corrected chi connectivity index (χ0v) is 16.6. The average molecular weight is 373 g/mol. The number of benzene rings is 1. The second-order valence-corrected chi connectivity index (χ2v) is 8.13. The van der Waals surface area contributed by atoms with Crippen molar-refractivity contribution in [1.29, 1.82) is 0 Å². The van der Waals surface area contributed by atoms with Crippen molar-refractivity contribution >= 4 is 17.7 Å². The van der Waals surface area contributed by atoms with Gasteiger partial charge in [0.2, 0.25) is 11.8 Å². The molecule has 1 saturated carbocycles. The summed E-state index contributed by atoms with van der Waals surface area (Å²) in [6.45, 7) is 7.01. The van der Waals surface area contributed by atoms with Crippen molar-refractivity contribution in [3.8, 4) is 0 Å². The lowest BCUT2D eigenvalue weighted by Gasteiger charge is -2.19. The van der Waals surface area contributed by atoms with Crippen LogP contribution in [0, 0.1) is 5.92 Å². The van der Waals surface area contributed by atoms with Gasteiger partial charge in [-0.1, -0.05) is 45.7 Å². The fourth-order valence-corrected chi connectivity index (χ4v) is 3.17. The number of hydrogen-bond donors (Lipinski definition) is 3. The summed E-state index contributed by atoms with van der Waals surface area (Å²) in [6.07, 6.45) is 4.16. The van der Waals surface area contributed by atoms with Crippen LogP contribution in [0.5, 0.6) is 0 Å². The Morgan fingerprint density at radius 1 is 0.926 bits per heavy atom. The van der Waals surface area contributed by atoms with Crippen molar-refractivity contribution in [1.82, 2.24) is 16.0 Å². The Kier molecular flexibility index (Phi) is 7.39. The van der Waals surface area contributed by atoms with E-state index in [1.165, 1.54) is 0 Å². The van der Waals surface area contributed by atoms with Gasteiger partial charge in [-0.15, -0.1) is 0 Å². The molecule has 0 bridgehead atoms. The van der Waals surface area contributed by atoms with Crippen molar-refractivity contribution < 1.29 is 14.4 Å². The lowest BCUT2D eigenvalue weighted by atomic mass is 9.87. The molecule has 1 aliphatic rings. The van der Waals surface area contributed by atoms with Gasteiger partial charge in [-0.25, -0.2) is 0 Å². The maximum atomic E-state index is 12.1. The van der Waals surface area contributed by atoms with Gasteiger partial charge in [0.15, 0.2) is 0 Å². The van der Waals surface area contributed by atoms with Crippen molar-refractivity contribution in [3.05, 3.63) is 35.4 Å². The minimum Gasteiger partial charge on any atom is -0.354 e. The first kappa shape index (κ1) is 20.9. The molecule has 2 rings (SSSR count). The van der Waals surface area contributed by atoms with Crippen molar-refractivity contribution in [2.45, 2.75) is 51.9 Å². The fraction of sp³-hybridized carbons (Fsp3) is 0.571. The Bertz CT molecular complexity index is 656. The quantitative estimate of drug-likeness (QED) is 0.640. The molecule has 0 aromatic heterocycles. The third-order valence-electron chi connectivity index (χ3n) is 4.89. The Hall–Kier alpha value is -2.37. The third kappa shape index (κ3) is 6.70. The van der Waals surface area contributed by atoms with Gasteiger partial charge in [0, 0.05) is 24.6 Å². The average Bonchev–Trinajstić information content (AvgIpc) is 3.17. The monoisotopic (exact) mass is 373 g/mol. The normalized spacial score (nSPS) is 14.6. The first-order valence-corrected chi connectivity index (χ1v) is 9.70. The summed E-state index contributed by atoms with van der Waals surface area (Å²) < 4.78 is 0.